The first-order valence-electron chi connectivity index (χ1n) is 6.59. The molecule has 1 aliphatic rings. The Bertz CT molecular complexity index is 604. The molecule has 2 rings (SSSR count). The highest BCUT2D eigenvalue weighted by Gasteiger charge is 2.17. The van der Waals surface area contributed by atoms with E-state index in [1.807, 2.05) is 6.07 Å². The lowest BCUT2D eigenvalue weighted by Crippen LogP contribution is -2.31. The Morgan fingerprint density at radius 1 is 1.29 bits per heavy atom. The van der Waals surface area contributed by atoms with Crippen molar-refractivity contribution in [2.75, 3.05) is 39.6 Å². The second kappa shape index (κ2) is 6.83. The van der Waals surface area contributed by atoms with Crippen molar-refractivity contribution in [2.45, 2.75) is 6.54 Å². The third kappa shape index (κ3) is 4.23. The molecule has 0 aromatic heterocycles. The van der Waals surface area contributed by atoms with Crippen LogP contribution >= 0.6 is 11.6 Å². The van der Waals surface area contributed by atoms with Crippen LogP contribution in [0.3, 0.4) is 0 Å². The van der Waals surface area contributed by atoms with Crippen molar-refractivity contribution in [1.29, 1.82) is 0 Å². The first kappa shape index (κ1) is 16.4. The molecule has 0 saturated carbocycles. The van der Waals surface area contributed by atoms with Crippen LogP contribution in [0, 0.1) is 0 Å². The van der Waals surface area contributed by atoms with Gasteiger partial charge in [0.1, 0.15) is 13.2 Å². The van der Waals surface area contributed by atoms with Gasteiger partial charge in [-0.1, -0.05) is 11.6 Å². The van der Waals surface area contributed by atoms with E-state index in [2.05, 4.69) is 5.32 Å². The zero-order valence-corrected chi connectivity index (χ0v) is 13.6. The van der Waals surface area contributed by atoms with Gasteiger partial charge in [-0.05, 0) is 17.7 Å². The predicted octanol–water partition coefficient (Wildman–Crippen LogP) is 1.09. The van der Waals surface area contributed by atoms with Gasteiger partial charge in [0, 0.05) is 27.2 Å². The number of hydrogen-bond donors (Lipinski definition) is 1. The summed E-state index contributed by atoms with van der Waals surface area (Å²) >= 11 is 6.14. The molecule has 0 saturated heterocycles. The average molecular weight is 335 g/mol. The van der Waals surface area contributed by atoms with Crippen molar-refractivity contribution in [3.05, 3.63) is 22.7 Å². The molecule has 21 heavy (non-hydrogen) atoms. The lowest BCUT2D eigenvalue weighted by atomic mass is 10.2. The Morgan fingerprint density at radius 2 is 2.00 bits per heavy atom. The maximum atomic E-state index is 11.6. The molecule has 0 radical (unpaired) electrons. The van der Waals surface area contributed by atoms with E-state index in [9.17, 15) is 8.42 Å². The molecule has 0 unspecified atom stereocenters. The van der Waals surface area contributed by atoms with Gasteiger partial charge in [0.25, 0.3) is 0 Å². The van der Waals surface area contributed by atoms with Crippen LogP contribution in [0.25, 0.3) is 0 Å². The summed E-state index contributed by atoms with van der Waals surface area (Å²) < 4.78 is 35.4. The molecule has 1 N–H and O–H groups in total. The van der Waals surface area contributed by atoms with Crippen LogP contribution in [0.4, 0.5) is 0 Å². The topological polar surface area (TPSA) is 67.9 Å². The largest absolute Gasteiger partial charge is 0.486 e. The predicted molar refractivity (Wildman–Crippen MR) is 81.6 cm³/mol. The summed E-state index contributed by atoms with van der Waals surface area (Å²) in [7, 11) is -0.128. The number of nitrogens with one attached hydrogen (secondary N) is 1. The van der Waals surface area contributed by atoms with E-state index in [1.54, 1.807) is 6.07 Å². The number of benzene rings is 1. The summed E-state index contributed by atoms with van der Waals surface area (Å²) in [6, 6.07) is 3.65. The molecule has 0 atom stereocenters. The molecule has 0 fully saturated rings. The van der Waals surface area contributed by atoms with E-state index in [-0.39, 0.29) is 5.75 Å². The van der Waals surface area contributed by atoms with Gasteiger partial charge in [0.15, 0.2) is 11.5 Å². The molecule has 8 heteroatoms. The van der Waals surface area contributed by atoms with Gasteiger partial charge in [0.05, 0.1) is 10.8 Å². The fourth-order valence-corrected chi connectivity index (χ4v) is 2.94. The van der Waals surface area contributed by atoms with Crippen molar-refractivity contribution in [3.8, 4) is 11.5 Å². The van der Waals surface area contributed by atoms with E-state index in [4.69, 9.17) is 21.1 Å². The highest BCUT2D eigenvalue weighted by Crippen LogP contribution is 2.38. The van der Waals surface area contributed by atoms with Gasteiger partial charge in [-0.2, -0.15) is 0 Å². The maximum absolute atomic E-state index is 11.6. The van der Waals surface area contributed by atoms with Crippen LogP contribution in [0.1, 0.15) is 5.56 Å². The van der Waals surface area contributed by atoms with Crippen LogP contribution in [0.15, 0.2) is 12.1 Å². The van der Waals surface area contributed by atoms with Crippen molar-refractivity contribution >= 4 is 21.6 Å². The zero-order chi connectivity index (χ0) is 15.5. The number of fused-ring (bicyclic) bond motifs is 1. The molecule has 1 aliphatic heterocycles. The van der Waals surface area contributed by atoms with Gasteiger partial charge in [-0.25, -0.2) is 12.7 Å². The Balaban J connectivity index is 1.91. The number of halogens is 1. The Hall–Kier alpha value is -1.02. The number of hydrogen-bond acceptors (Lipinski definition) is 5. The number of rotatable bonds is 6. The maximum Gasteiger partial charge on any atom is 0.214 e. The molecule has 118 valence electrons. The van der Waals surface area contributed by atoms with Gasteiger partial charge < -0.3 is 14.8 Å². The van der Waals surface area contributed by atoms with Crippen molar-refractivity contribution < 1.29 is 17.9 Å². The third-order valence-corrected chi connectivity index (χ3v) is 5.19. The van der Waals surface area contributed by atoms with Crippen LogP contribution < -0.4 is 14.8 Å². The molecule has 0 bridgehead atoms. The molecule has 0 amide bonds. The number of nitrogens with zero attached hydrogens (tertiary/aromatic N) is 1. The molecular weight excluding hydrogens is 316 g/mol. The summed E-state index contributed by atoms with van der Waals surface area (Å²) in [6.45, 7) is 1.87. The van der Waals surface area contributed by atoms with Crippen molar-refractivity contribution in [1.82, 2.24) is 9.62 Å². The Labute approximate surface area is 130 Å². The molecule has 1 aromatic carbocycles. The number of ether oxygens (including phenoxy) is 2. The van der Waals surface area contributed by atoms with E-state index in [0.717, 1.165) is 5.56 Å². The summed E-state index contributed by atoms with van der Waals surface area (Å²) in [4.78, 5) is 0. The summed E-state index contributed by atoms with van der Waals surface area (Å²) in [5, 5.41) is 3.59. The lowest BCUT2D eigenvalue weighted by molar-refractivity contribution is 0.171. The minimum atomic E-state index is -3.18. The van der Waals surface area contributed by atoms with Gasteiger partial charge >= 0.3 is 0 Å². The average Bonchev–Trinajstić information content (AvgIpc) is 2.43. The van der Waals surface area contributed by atoms with Gasteiger partial charge in [-0.15, -0.1) is 0 Å². The minimum Gasteiger partial charge on any atom is -0.486 e. The quantitative estimate of drug-likeness (QED) is 0.789. The van der Waals surface area contributed by atoms with E-state index < -0.39 is 10.0 Å². The minimum absolute atomic E-state index is 0.0539. The molecular formula is C13H19ClN2O4S. The van der Waals surface area contributed by atoms with Crippen molar-refractivity contribution in [2.24, 2.45) is 0 Å². The highest BCUT2D eigenvalue weighted by molar-refractivity contribution is 7.89. The van der Waals surface area contributed by atoms with Gasteiger partial charge in [0.2, 0.25) is 10.0 Å². The summed E-state index contributed by atoms with van der Waals surface area (Å²) in [5.41, 5.74) is 0.923. The summed E-state index contributed by atoms with van der Waals surface area (Å²) in [5.74, 6) is 1.26. The van der Waals surface area contributed by atoms with E-state index in [0.29, 0.717) is 42.8 Å². The van der Waals surface area contributed by atoms with E-state index in [1.165, 1.54) is 18.4 Å². The molecule has 6 nitrogen and oxygen atoms in total. The monoisotopic (exact) mass is 334 g/mol. The Morgan fingerprint density at radius 3 is 2.71 bits per heavy atom. The third-order valence-electron chi connectivity index (χ3n) is 3.08. The van der Waals surface area contributed by atoms with Crippen LogP contribution in [-0.4, -0.2) is 52.3 Å². The van der Waals surface area contributed by atoms with E-state index >= 15 is 0 Å². The molecule has 0 spiro atoms. The fraction of sp³-hybridized carbons (Fsp3) is 0.538. The Kier molecular flexibility index (Phi) is 5.32. The number of sulfonamides is 1. The van der Waals surface area contributed by atoms with Crippen molar-refractivity contribution in [3.63, 3.8) is 0 Å². The fourth-order valence-electron chi connectivity index (χ4n) is 1.88. The standard InChI is InChI=1S/C13H19ClN2O4S/c1-16(2)21(17,18)6-3-15-9-10-7-11(14)13-12(8-10)19-4-5-20-13/h7-8,15H,3-6,9H2,1-2H3. The second-order valence-corrected chi connectivity index (χ2v) is 7.59. The summed E-state index contributed by atoms with van der Waals surface area (Å²) in [6.07, 6.45) is 0. The molecule has 1 aromatic rings. The molecule has 1 heterocycles. The molecule has 0 aliphatic carbocycles. The second-order valence-electron chi connectivity index (χ2n) is 4.88. The van der Waals surface area contributed by atoms with Crippen LogP contribution in [-0.2, 0) is 16.6 Å². The van der Waals surface area contributed by atoms with Crippen LogP contribution in [0.5, 0.6) is 11.5 Å². The van der Waals surface area contributed by atoms with Gasteiger partial charge in [-0.3, -0.25) is 0 Å². The first-order chi connectivity index (χ1) is 9.90. The SMILES string of the molecule is CN(C)S(=O)(=O)CCNCc1cc(Cl)c2c(c1)OCCO2. The smallest absolute Gasteiger partial charge is 0.214 e. The van der Waals surface area contributed by atoms with Crippen LogP contribution in [0.2, 0.25) is 5.02 Å². The highest BCUT2D eigenvalue weighted by atomic mass is 35.5. The lowest BCUT2D eigenvalue weighted by Gasteiger charge is -2.20. The zero-order valence-electron chi connectivity index (χ0n) is 12.1. The first-order valence-corrected chi connectivity index (χ1v) is 8.58. The normalized spacial score (nSPS) is 14.5.